The largest absolute Gasteiger partial charge is 0.479 e. The van der Waals surface area contributed by atoms with Crippen LogP contribution in [-0.4, -0.2) is 47.2 Å². The van der Waals surface area contributed by atoms with E-state index in [9.17, 15) is 31.9 Å². The zero-order chi connectivity index (χ0) is 31.5. The third-order valence-electron chi connectivity index (χ3n) is 6.77. The number of esters is 1. The van der Waals surface area contributed by atoms with Crippen molar-refractivity contribution < 1.29 is 46.3 Å². The summed E-state index contributed by atoms with van der Waals surface area (Å²) in [6, 6.07) is 11.7. The van der Waals surface area contributed by atoms with Crippen molar-refractivity contribution in [3.8, 4) is 5.75 Å². The van der Waals surface area contributed by atoms with Gasteiger partial charge in [0.1, 0.15) is 18.2 Å². The Morgan fingerprint density at radius 1 is 1.00 bits per heavy atom. The molecule has 1 aliphatic heterocycles. The van der Waals surface area contributed by atoms with Gasteiger partial charge < -0.3 is 19.6 Å². The molecule has 1 amide bonds. The third kappa shape index (κ3) is 7.12. The number of oxime groups is 1. The molecule has 12 heteroatoms. The zero-order valence-corrected chi connectivity index (χ0v) is 23.9. The quantitative estimate of drug-likeness (QED) is 0.186. The van der Waals surface area contributed by atoms with Gasteiger partial charge in [-0.15, -0.1) is 0 Å². The lowest BCUT2D eigenvalue weighted by Gasteiger charge is -2.27. The van der Waals surface area contributed by atoms with Crippen molar-refractivity contribution in [2.75, 3.05) is 6.61 Å². The maximum atomic E-state index is 14.1. The van der Waals surface area contributed by atoms with E-state index in [-0.39, 0.29) is 18.9 Å². The fourth-order valence-corrected chi connectivity index (χ4v) is 4.48. The fraction of sp³-hybridized carbons (Fsp3) is 0.355. The number of benzene rings is 3. The molecule has 1 N–H and O–H groups in total. The van der Waals surface area contributed by atoms with E-state index >= 15 is 0 Å². The van der Waals surface area contributed by atoms with E-state index in [0.29, 0.717) is 5.71 Å². The Morgan fingerprint density at radius 2 is 1.65 bits per heavy atom. The maximum absolute atomic E-state index is 14.1. The number of carbonyl (C=O) groups is 3. The van der Waals surface area contributed by atoms with Crippen LogP contribution in [0.25, 0.3) is 10.8 Å². The molecule has 8 nitrogen and oxygen atoms in total. The van der Waals surface area contributed by atoms with Crippen LogP contribution in [0.4, 0.5) is 17.6 Å². The van der Waals surface area contributed by atoms with Gasteiger partial charge in [-0.3, -0.25) is 14.4 Å². The Balaban J connectivity index is 1.53. The lowest BCUT2D eigenvalue weighted by atomic mass is 9.89. The molecule has 0 aromatic heterocycles. The average molecular weight is 603 g/mol. The number of halogens is 4. The molecule has 0 radical (unpaired) electrons. The van der Waals surface area contributed by atoms with Gasteiger partial charge in [0, 0.05) is 18.1 Å². The smallest absolute Gasteiger partial charge is 0.308 e. The Bertz CT molecular complexity index is 1580. The summed E-state index contributed by atoms with van der Waals surface area (Å²) in [5, 5.41) is 8.55. The number of carbonyl (C=O) groups excluding carboxylic acids is 3. The predicted octanol–water partition coefficient (Wildman–Crippen LogP) is 5.53. The van der Waals surface area contributed by atoms with Gasteiger partial charge in [-0.05, 0) is 44.0 Å². The molecule has 0 fully saturated rings. The molecule has 3 aromatic carbocycles. The van der Waals surface area contributed by atoms with E-state index in [4.69, 9.17) is 14.3 Å². The molecular formula is C31H30F4N2O6. The highest BCUT2D eigenvalue weighted by Gasteiger charge is 2.46. The lowest BCUT2D eigenvalue weighted by molar-refractivity contribution is -0.157. The predicted molar refractivity (Wildman–Crippen MR) is 148 cm³/mol. The van der Waals surface area contributed by atoms with Crippen LogP contribution < -0.4 is 10.1 Å². The first-order valence-corrected chi connectivity index (χ1v) is 13.5. The second-order valence-corrected chi connectivity index (χ2v) is 11.1. The molecule has 228 valence electrons. The summed E-state index contributed by atoms with van der Waals surface area (Å²) in [6.07, 6.45) is -0.509. The zero-order valence-electron chi connectivity index (χ0n) is 23.9. The Kier molecular flexibility index (Phi) is 9.07. The van der Waals surface area contributed by atoms with Crippen LogP contribution in [0.3, 0.4) is 0 Å². The Morgan fingerprint density at radius 3 is 2.28 bits per heavy atom. The first kappa shape index (κ1) is 31.5. The van der Waals surface area contributed by atoms with Crippen molar-refractivity contribution in [2.24, 2.45) is 5.16 Å². The topological polar surface area (TPSA) is 103 Å². The summed E-state index contributed by atoms with van der Waals surface area (Å²) in [6.45, 7) is 5.33. The first-order valence-electron chi connectivity index (χ1n) is 13.5. The van der Waals surface area contributed by atoms with E-state index in [2.05, 4.69) is 10.5 Å². The summed E-state index contributed by atoms with van der Waals surface area (Å²) >= 11 is 0. The van der Waals surface area contributed by atoms with Gasteiger partial charge in [-0.1, -0.05) is 48.5 Å². The van der Waals surface area contributed by atoms with Gasteiger partial charge in [0.15, 0.2) is 23.2 Å². The minimum atomic E-state index is -1.85. The first-order chi connectivity index (χ1) is 20.2. The van der Waals surface area contributed by atoms with E-state index in [1.165, 1.54) is 0 Å². The monoisotopic (exact) mass is 602 g/mol. The van der Waals surface area contributed by atoms with E-state index in [1.807, 2.05) is 42.5 Å². The number of amides is 1. The van der Waals surface area contributed by atoms with Gasteiger partial charge in [-0.2, -0.15) is 8.78 Å². The van der Waals surface area contributed by atoms with Crippen LogP contribution in [0.2, 0.25) is 0 Å². The highest BCUT2D eigenvalue weighted by molar-refractivity contribution is 6.08. The number of Topliss-reactive ketones (excluding diaryl/α,β-unsaturated/α-hetero) is 1. The molecule has 1 heterocycles. The maximum Gasteiger partial charge on any atom is 0.308 e. The average Bonchev–Trinajstić information content (AvgIpc) is 3.40. The summed E-state index contributed by atoms with van der Waals surface area (Å²) in [5.74, 6) is -11.3. The lowest BCUT2D eigenvalue weighted by Crippen LogP contribution is -2.54. The van der Waals surface area contributed by atoms with Crippen molar-refractivity contribution in [1.29, 1.82) is 0 Å². The number of ether oxygens (including phenoxy) is 2. The second-order valence-electron chi connectivity index (χ2n) is 11.1. The fourth-order valence-electron chi connectivity index (χ4n) is 4.48. The summed E-state index contributed by atoms with van der Waals surface area (Å²) < 4.78 is 65.4. The number of ketones is 1. The highest BCUT2D eigenvalue weighted by Crippen LogP contribution is 2.32. The van der Waals surface area contributed by atoms with Crippen LogP contribution in [0.15, 0.2) is 53.7 Å². The van der Waals surface area contributed by atoms with Crippen LogP contribution in [0.1, 0.15) is 52.5 Å². The molecule has 0 aliphatic carbocycles. The Hall–Kier alpha value is -4.48. The van der Waals surface area contributed by atoms with Gasteiger partial charge in [-0.25, -0.2) is 8.78 Å². The molecule has 4 rings (SSSR count). The van der Waals surface area contributed by atoms with Crippen molar-refractivity contribution >= 4 is 34.1 Å². The minimum Gasteiger partial charge on any atom is -0.479 e. The van der Waals surface area contributed by atoms with E-state index < -0.39 is 76.9 Å². The summed E-state index contributed by atoms with van der Waals surface area (Å²) in [5.41, 5.74) is -1.26. The molecule has 0 saturated carbocycles. The number of nitrogens with one attached hydrogen (secondary N) is 1. The minimum absolute atomic E-state index is 0.00900. The Labute approximate surface area is 245 Å². The number of hydrogen-bond donors (Lipinski definition) is 1. The third-order valence-corrected chi connectivity index (χ3v) is 6.77. The molecule has 43 heavy (non-hydrogen) atoms. The number of rotatable bonds is 10. The van der Waals surface area contributed by atoms with Gasteiger partial charge in [0.25, 0.3) is 5.91 Å². The van der Waals surface area contributed by atoms with E-state index in [0.717, 1.165) is 16.3 Å². The highest BCUT2D eigenvalue weighted by atomic mass is 19.2. The van der Waals surface area contributed by atoms with Crippen molar-refractivity contribution in [3.05, 3.63) is 77.4 Å². The number of hydrogen-bond acceptors (Lipinski definition) is 7. The molecule has 0 bridgehead atoms. The second kappa shape index (κ2) is 12.4. The molecule has 1 unspecified atom stereocenters. The van der Waals surface area contributed by atoms with Crippen molar-refractivity contribution in [3.63, 3.8) is 0 Å². The van der Waals surface area contributed by atoms with Crippen LogP contribution >= 0.6 is 0 Å². The summed E-state index contributed by atoms with van der Waals surface area (Å²) in [7, 11) is 0. The standard InChI is InChI=1S/C31H30F4N2O6/c1-5-31(15-23(37-43-31)19-11-10-17-8-6-7-9-18(17)12-19)29(40)36-22(14-25(39)42-30(2,3)4)24(38)16-41-28-26(34)20(32)13-21(33)27(28)35/h6-13,22H,5,14-16H2,1-4H3,(H,36,40)/t22-,31?/m0/s1. The number of fused-ring (bicyclic) bond motifs is 1. The summed E-state index contributed by atoms with van der Waals surface area (Å²) in [4.78, 5) is 44.9. The SMILES string of the molecule is CCC1(C(=O)N[C@@H](CC(=O)OC(C)(C)C)C(=O)COc2c(F)c(F)cc(F)c2F)CC(c2ccc3ccccc3c2)=NO1. The van der Waals surface area contributed by atoms with Gasteiger partial charge >= 0.3 is 5.97 Å². The number of nitrogens with zero attached hydrogens (tertiary/aromatic N) is 1. The van der Waals surface area contributed by atoms with Crippen molar-refractivity contribution in [1.82, 2.24) is 5.32 Å². The van der Waals surface area contributed by atoms with Crippen LogP contribution in [0.5, 0.6) is 5.75 Å². The van der Waals surface area contributed by atoms with Crippen LogP contribution in [-0.2, 0) is 24.0 Å². The van der Waals surface area contributed by atoms with E-state index in [1.54, 1.807) is 27.7 Å². The molecule has 0 saturated heterocycles. The van der Waals surface area contributed by atoms with Crippen molar-refractivity contribution in [2.45, 2.75) is 64.2 Å². The molecule has 1 aliphatic rings. The molecule has 2 atom stereocenters. The molecule has 0 spiro atoms. The molecular weight excluding hydrogens is 572 g/mol. The molecule has 3 aromatic rings. The normalized spacial score (nSPS) is 17.2. The van der Waals surface area contributed by atoms with Crippen LogP contribution in [0, 0.1) is 23.3 Å². The van der Waals surface area contributed by atoms with Gasteiger partial charge in [0.05, 0.1) is 12.1 Å². The van der Waals surface area contributed by atoms with Gasteiger partial charge in [0.2, 0.25) is 17.2 Å².